The van der Waals surface area contributed by atoms with Crippen molar-refractivity contribution in [2.24, 2.45) is 0 Å². The molecule has 31 heavy (non-hydrogen) atoms. The quantitative estimate of drug-likeness (QED) is 0.707. The summed E-state index contributed by atoms with van der Waals surface area (Å²) < 4.78 is 33.5. The molecule has 0 radical (unpaired) electrons. The van der Waals surface area contributed by atoms with Gasteiger partial charge in [-0.25, -0.2) is 8.78 Å². The molecule has 3 aliphatic rings. The van der Waals surface area contributed by atoms with E-state index in [0.29, 0.717) is 31.6 Å². The van der Waals surface area contributed by atoms with Gasteiger partial charge in [-0.3, -0.25) is 19.3 Å². The number of carbonyl (C=O) groups excluding carboxylic acids is 3. The summed E-state index contributed by atoms with van der Waals surface area (Å²) in [5.41, 5.74) is 1.11. The van der Waals surface area contributed by atoms with Crippen molar-refractivity contribution in [2.45, 2.75) is 31.8 Å². The van der Waals surface area contributed by atoms with Gasteiger partial charge in [0.05, 0.1) is 29.5 Å². The van der Waals surface area contributed by atoms with E-state index in [4.69, 9.17) is 4.74 Å². The van der Waals surface area contributed by atoms with Crippen LogP contribution >= 0.6 is 0 Å². The monoisotopic (exact) mass is 426 g/mol. The Balaban J connectivity index is 1.44. The highest BCUT2D eigenvalue weighted by atomic mass is 19.1. The highest BCUT2D eigenvalue weighted by molar-refractivity contribution is 6.22. The number of halogens is 2. The van der Waals surface area contributed by atoms with E-state index in [1.807, 2.05) is 0 Å². The minimum atomic E-state index is -0.754. The van der Waals surface area contributed by atoms with Gasteiger partial charge in [0.15, 0.2) is 0 Å². The number of carbonyl (C=O) groups is 3. The van der Waals surface area contributed by atoms with E-state index >= 15 is 0 Å². The number of ether oxygens (including phenoxy) is 1. The molecule has 0 N–H and O–H groups in total. The molecule has 0 spiro atoms. The number of fused-ring (bicyclic) bond motifs is 2. The van der Waals surface area contributed by atoms with Gasteiger partial charge in [0, 0.05) is 30.3 Å². The molecule has 8 heteroatoms. The number of imide groups is 1. The second-order valence-electron chi connectivity index (χ2n) is 8.06. The van der Waals surface area contributed by atoms with Crippen LogP contribution in [0, 0.1) is 11.6 Å². The number of rotatable bonds is 3. The minimum absolute atomic E-state index is 0.163. The fourth-order valence-electron chi connectivity index (χ4n) is 4.56. The van der Waals surface area contributed by atoms with Gasteiger partial charge < -0.3 is 9.64 Å². The first-order valence-corrected chi connectivity index (χ1v) is 10.4. The Kier molecular flexibility index (Phi) is 4.81. The van der Waals surface area contributed by atoms with Crippen LogP contribution in [-0.2, 0) is 11.2 Å². The smallest absolute Gasteiger partial charge is 0.261 e. The molecule has 3 amide bonds. The molecule has 1 unspecified atom stereocenters. The summed E-state index contributed by atoms with van der Waals surface area (Å²) in [7, 11) is 0. The van der Waals surface area contributed by atoms with Crippen molar-refractivity contribution in [1.82, 2.24) is 4.90 Å². The van der Waals surface area contributed by atoms with E-state index in [1.54, 1.807) is 0 Å². The molecule has 160 valence electrons. The highest BCUT2D eigenvalue weighted by Crippen LogP contribution is 2.32. The van der Waals surface area contributed by atoms with Gasteiger partial charge >= 0.3 is 0 Å². The Bertz CT molecular complexity index is 1110. The number of amides is 3. The maximum atomic E-state index is 14.2. The molecule has 1 saturated heterocycles. The van der Waals surface area contributed by atoms with Gasteiger partial charge in [-0.1, -0.05) is 0 Å². The van der Waals surface area contributed by atoms with Crippen molar-refractivity contribution in [3.05, 3.63) is 64.2 Å². The summed E-state index contributed by atoms with van der Waals surface area (Å²) in [5.74, 6) is -2.75. The molecule has 0 bridgehead atoms. The zero-order chi connectivity index (χ0) is 21.7. The van der Waals surface area contributed by atoms with Crippen LogP contribution in [-0.4, -0.2) is 48.4 Å². The van der Waals surface area contributed by atoms with Gasteiger partial charge in [0.1, 0.15) is 11.6 Å². The largest absolute Gasteiger partial charge is 0.376 e. The highest BCUT2D eigenvalue weighted by Gasteiger charge is 2.38. The number of hydrogen-bond donors (Lipinski definition) is 0. The van der Waals surface area contributed by atoms with Crippen molar-refractivity contribution >= 4 is 23.4 Å². The zero-order valence-corrected chi connectivity index (χ0v) is 16.7. The van der Waals surface area contributed by atoms with Crippen molar-refractivity contribution in [1.29, 1.82) is 0 Å². The Hall–Kier alpha value is -3.13. The average molecular weight is 426 g/mol. The van der Waals surface area contributed by atoms with Crippen LogP contribution in [0.4, 0.5) is 14.5 Å². The molecule has 0 aromatic heterocycles. The van der Waals surface area contributed by atoms with E-state index in [9.17, 15) is 23.2 Å². The molecule has 1 fully saturated rings. The summed E-state index contributed by atoms with van der Waals surface area (Å²) >= 11 is 0. The number of benzene rings is 2. The Morgan fingerprint density at radius 3 is 2.65 bits per heavy atom. The van der Waals surface area contributed by atoms with E-state index in [0.717, 1.165) is 29.9 Å². The van der Waals surface area contributed by atoms with Crippen LogP contribution < -0.4 is 4.90 Å². The topological polar surface area (TPSA) is 66.9 Å². The Morgan fingerprint density at radius 1 is 1.06 bits per heavy atom. The van der Waals surface area contributed by atoms with Crippen molar-refractivity contribution in [2.75, 3.05) is 24.6 Å². The normalized spacial score (nSPS) is 20.3. The number of nitrogens with zero attached hydrogens (tertiary/aromatic N) is 2. The average Bonchev–Trinajstić information content (AvgIpc) is 3.36. The van der Waals surface area contributed by atoms with E-state index < -0.39 is 29.4 Å². The summed E-state index contributed by atoms with van der Waals surface area (Å²) in [6.07, 6.45) is 2.47. The van der Waals surface area contributed by atoms with Crippen LogP contribution in [0.5, 0.6) is 0 Å². The minimum Gasteiger partial charge on any atom is -0.376 e. The Morgan fingerprint density at radius 2 is 1.87 bits per heavy atom. The lowest BCUT2D eigenvalue weighted by Crippen LogP contribution is -2.36. The van der Waals surface area contributed by atoms with E-state index in [2.05, 4.69) is 0 Å². The van der Waals surface area contributed by atoms with Crippen LogP contribution in [0.3, 0.4) is 0 Å². The molecule has 2 aromatic rings. The SMILES string of the molecule is O=C1c2ccc(C(=O)N3CCCc4c(F)cc(F)cc43)cc2C(=O)N1CC1CCCO1. The molecule has 3 heterocycles. The van der Waals surface area contributed by atoms with E-state index in [1.165, 1.54) is 23.1 Å². The van der Waals surface area contributed by atoms with Crippen LogP contribution in [0.25, 0.3) is 0 Å². The summed E-state index contributed by atoms with van der Waals surface area (Å²) in [6.45, 7) is 1.11. The predicted octanol–water partition coefficient (Wildman–Crippen LogP) is 3.33. The predicted molar refractivity (Wildman–Crippen MR) is 107 cm³/mol. The first-order chi connectivity index (χ1) is 14.9. The molecule has 6 nitrogen and oxygen atoms in total. The number of hydrogen-bond acceptors (Lipinski definition) is 4. The number of anilines is 1. The standard InChI is InChI=1S/C23H20F2N2O4/c24-14-10-19(25)17-4-1-7-26(20(17)11-14)21(28)13-5-6-16-18(9-13)23(30)27(22(16)29)12-15-3-2-8-31-15/h5-6,9-11,15H,1-4,7-8,12H2. The van der Waals surface area contributed by atoms with Crippen LogP contribution in [0.15, 0.2) is 30.3 Å². The summed E-state index contributed by atoms with van der Waals surface area (Å²) in [6, 6.07) is 6.31. The molecule has 3 aliphatic heterocycles. The molecule has 0 saturated carbocycles. The molecule has 0 aliphatic carbocycles. The third kappa shape index (κ3) is 3.31. The van der Waals surface area contributed by atoms with Gasteiger partial charge in [0.2, 0.25) is 0 Å². The second-order valence-corrected chi connectivity index (χ2v) is 8.06. The van der Waals surface area contributed by atoms with Crippen molar-refractivity contribution in [3.8, 4) is 0 Å². The second kappa shape index (κ2) is 7.53. The fourth-order valence-corrected chi connectivity index (χ4v) is 4.56. The first-order valence-electron chi connectivity index (χ1n) is 10.4. The zero-order valence-electron chi connectivity index (χ0n) is 16.7. The lowest BCUT2D eigenvalue weighted by atomic mass is 9.99. The molecule has 5 rings (SSSR count). The lowest BCUT2D eigenvalue weighted by Gasteiger charge is -2.30. The third-order valence-electron chi connectivity index (χ3n) is 6.11. The van der Waals surface area contributed by atoms with Gasteiger partial charge in [-0.05, 0) is 49.9 Å². The van der Waals surface area contributed by atoms with Crippen molar-refractivity contribution < 1.29 is 27.9 Å². The Labute approximate surface area is 177 Å². The van der Waals surface area contributed by atoms with Crippen LogP contribution in [0.2, 0.25) is 0 Å². The van der Waals surface area contributed by atoms with Gasteiger partial charge in [0.25, 0.3) is 17.7 Å². The fraction of sp³-hybridized carbons (Fsp3) is 0.348. The summed E-state index contributed by atoms with van der Waals surface area (Å²) in [4.78, 5) is 41.2. The maximum absolute atomic E-state index is 14.2. The van der Waals surface area contributed by atoms with Crippen LogP contribution in [0.1, 0.15) is 55.9 Å². The third-order valence-corrected chi connectivity index (χ3v) is 6.11. The van der Waals surface area contributed by atoms with Gasteiger partial charge in [-0.2, -0.15) is 0 Å². The molecular weight excluding hydrogens is 406 g/mol. The molecule has 2 aromatic carbocycles. The molecule has 1 atom stereocenters. The first kappa shape index (κ1) is 19.8. The van der Waals surface area contributed by atoms with Crippen molar-refractivity contribution in [3.63, 3.8) is 0 Å². The summed E-state index contributed by atoms with van der Waals surface area (Å²) in [5, 5.41) is 0. The molecular formula is C23H20F2N2O4. The lowest BCUT2D eigenvalue weighted by molar-refractivity contribution is 0.0475. The maximum Gasteiger partial charge on any atom is 0.261 e. The van der Waals surface area contributed by atoms with E-state index in [-0.39, 0.29) is 35.0 Å². The van der Waals surface area contributed by atoms with Gasteiger partial charge in [-0.15, -0.1) is 0 Å².